The van der Waals surface area contributed by atoms with Crippen LogP contribution in [0.4, 0.5) is 42.2 Å². The first-order chi connectivity index (χ1) is 14.9. The van der Waals surface area contributed by atoms with E-state index >= 15 is 0 Å². The van der Waals surface area contributed by atoms with Crippen molar-refractivity contribution >= 4 is 17.2 Å². The molecule has 1 N–H and O–H groups in total. The van der Waals surface area contributed by atoms with Gasteiger partial charge in [0.15, 0.2) is 17.2 Å². The van der Waals surface area contributed by atoms with E-state index in [-0.39, 0.29) is 21.9 Å². The molecule has 0 fully saturated rings. The smallest absolute Gasteiger partial charge is 0.435 e. The highest BCUT2D eigenvalue weighted by molar-refractivity contribution is 5.66. The predicted octanol–water partition coefficient (Wildman–Crippen LogP) is 4.95. The highest BCUT2D eigenvalue weighted by Gasteiger charge is 2.39. The molecule has 0 amide bonds. The van der Waals surface area contributed by atoms with Crippen molar-refractivity contribution < 1.29 is 35.5 Å². The first-order valence-electron chi connectivity index (χ1n) is 8.72. The Bertz CT molecular complexity index is 1300. The second kappa shape index (κ2) is 7.35. The number of hydrogen-bond acceptors (Lipinski definition) is 4. The number of anilines is 2. The van der Waals surface area contributed by atoms with Crippen molar-refractivity contribution in [1.82, 2.24) is 14.4 Å². The van der Waals surface area contributed by atoms with Gasteiger partial charge in [0, 0.05) is 11.9 Å². The van der Waals surface area contributed by atoms with Crippen molar-refractivity contribution in [3.63, 3.8) is 0 Å². The largest absolute Gasteiger partial charge is 0.619 e. The van der Waals surface area contributed by atoms with Crippen LogP contribution in [0, 0.1) is 11.0 Å². The highest BCUT2D eigenvalue weighted by Crippen LogP contribution is 2.37. The number of halogens is 7. The zero-order valence-electron chi connectivity index (χ0n) is 15.5. The van der Waals surface area contributed by atoms with Crippen LogP contribution in [0.3, 0.4) is 0 Å². The number of nitrogens with one attached hydrogen (secondary N) is 1. The Labute approximate surface area is 174 Å². The molecule has 0 spiro atoms. The number of benzene rings is 1. The molecule has 1 aromatic carbocycles. The van der Waals surface area contributed by atoms with Crippen LogP contribution in [0.1, 0.15) is 11.3 Å². The molecule has 0 aliphatic heterocycles. The Hall–Kier alpha value is -3.90. The summed E-state index contributed by atoms with van der Waals surface area (Å²) in [5.41, 5.74) is -3.58. The molecule has 13 heteroatoms. The quantitative estimate of drug-likeness (QED) is 0.269. The number of aromatic nitrogens is 4. The van der Waals surface area contributed by atoms with Crippen LogP contribution in [0.5, 0.6) is 0 Å². The summed E-state index contributed by atoms with van der Waals surface area (Å²) in [5.74, 6) is -1.10. The van der Waals surface area contributed by atoms with Crippen LogP contribution >= 0.6 is 0 Å². The zero-order chi connectivity index (χ0) is 23.3. The highest BCUT2D eigenvalue weighted by atomic mass is 19.4. The van der Waals surface area contributed by atoms with E-state index < -0.39 is 40.8 Å². The Morgan fingerprint density at radius 3 is 2.19 bits per heavy atom. The van der Waals surface area contributed by atoms with E-state index in [1.54, 1.807) is 0 Å². The summed E-state index contributed by atoms with van der Waals surface area (Å²) in [5, 5.41) is 14.6. The van der Waals surface area contributed by atoms with Gasteiger partial charge in [-0.2, -0.15) is 31.1 Å². The normalized spacial score (nSPS) is 12.3. The van der Waals surface area contributed by atoms with Gasteiger partial charge < -0.3 is 10.5 Å². The second-order valence-corrected chi connectivity index (χ2v) is 6.58. The minimum atomic E-state index is -4.94. The van der Waals surface area contributed by atoms with E-state index in [2.05, 4.69) is 15.3 Å². The maximum atomic E-state index is 13.7. The van der Waals surface area contributed by atoms with Crippen molar-refractivity contribution in [3.8, 4) is 11.4 Å². The third kappa shape index (κ3) is 4.13. The Morgan fingerprint density at radius 2 is 1.56 bits per heavy atom. The lowest BCUT2D eigenvalue weighted by Crippen LogP contribution is -2.26. The van der Waals surface area contributed by atoms with E-state index in [4.69, 9.17) is 0 Å². The molecule has 3 aromatic heterocycles. The number of hydrogen-bond donors (Lipinski definition) is 1. The molecule has 0 unspecified atom stereocenters. The first-order valence-corrected chi connectivity index (χ1v) is 8.72. The maximum Gasteiger partial charge on any atom is 0.435 e. The van der Waals surface area contributed by atoms with Crippen molar-refractivity contribution in [2.24, 2.45) is 0 Å². The lowest BCUT2D eigenvalue weighted by molar-refractivity contribution is -0.604. The number of imidazole rings is 1. The van der Waals surface area contributed by atoms with Crippen LogP contribution in [0.25, 0.3) is 17.0 Å². The zero-order valence-corrected chi connectivity index (χ0v) is 15.5. The number of pyridine rings is 1. The molecule has 0 saturated heterocycles. The van der Waals surface area contributed by atoms with Crippen LogP contribution in [0.2, 0.25) is 0 Å². The Kier molecular flexibility index (Phi) is 4.90. The van der Waals surface area contributed by atoms with Crippen molar-refractivity contribution in [2.45, 2.75) is 12.4 Å². The van der Waals surface area contributed by atoms with Crippen LogP contribution < -0.4 is 10.0 Å². The molecule has 0 saturated carbocycles. The van der Waals surface area contributed by atoms with Gasteiger partial charge in [-0.15, -0.1) is 0 Å². The minimum Gasteiger partial charge on any atom is -0.619 e. The summed E-state index contributed by atoms with van der Waals surface area (Å²) in [6.07, 6.45) is -7.12. The molecule has 166 valence electrons. The van der Waals surface area contributed by atoms with Gasteiger partial charge in [0.05, 0.1) is 5.56 Å². The second-order valence-electron chi connectivity index (χ2n) is 6.58. The maximum absolute atomic E-state index is 13.7. The van der Waals surface area contributed by atoms with E-state index in [0.717, 1.165) is 59.4 Å². The molecule has 0 aliphatic rings. The lowest BCUT2D eigenvalue weighted by atomic mass is 10.2. The Balaban J connectivity index is 1.80. The third-order valence-corrected chi connectivity index (χ3v) is 4.32. The van der Waals surface area contributed by atoms with E-state index in [1.807, 2.05) is 0 Å². The standard InChI is InChI=1S/C19H10F7N5O/c20-11-3-6-15-29-17(19(24,25)26)16(31(15)7-11)13-8-30(32)9-14(28-13)27-12-4-1-10(2-5-12)18(21,22)23/h1-9H,(H,27,28). The fourth-order valence-corrected chi connectivity index (χ4v) is 2.99. The van der Waals surface area contributed by atoms with Crippen molar-refractivity contribution in [2.75, 3.05) is 5.32 Å². The molecule has 32 heavy (non-hydrogen) atoms. The molecular formula is C19H10F7N5O. The summed E-state index contributed by atoms with van der Waals surface area (Å²) < 4.78 is 93.4. The monoisotopic (exact) mass is 457 g/mol. The fraction of sp³-hybridized carbons (Fsp3) is 0.105. The molecule has 0 bridgehead atoms. The lowest BCUT2D eigenvalue weighted by Gasteiger charge is -2.11. The minimum absolute atomic E-state index is 0.0999. The summed E-state index contributed by atoms with van der Waals surface area (Å²) >= 11 is 0. The summed E-state index contributed by atoms with van der Waals surface area (Å²) in [7, 11) is 0. The van der Waals surface area contributed by atoms with Gasteiger partial charge in [-0.05, 0) is 36.4 Å². The summed E-state index contributed by atoms with van der Waals surface area (Å²) in [6, 6.07) is 5.66. The number of rotatable bonds is 3. The Morgan fingerprint density at radius 1 is 0.875 bits per heavy atom. The molecule has 0 aliphatic carbocycles. The number of alkyl halides is 6. The van der Waals surface area contributed by atoms with Gasteiger partial charge in [-0.25, -0.2) is 14.4 Å². The van der Waals surface area contributed by atoms with Gasteiger partial charge in [0.25, 0.3) is 0 Å². The molecule has 0 atom stereocenters. The van der Waals surface area contributed by atoms with Gasteiger partial charge in [-0.3, -0.25) is 4.40 Å². The van der Waals surface area contributed by atoms with E-state index in [1.165, 1.54) is 0 Å². The van der Waals surface area contributed by atoms with Gasteiger partial charge in [0.2, 0.25) is 12.4 Å². The molecule has 6 nitrogen and oxygen atoms in total. The molecule has 4 aromatic rings. The SMILES string of the molecule is [O-][n+]1cc(Nc2ccc(C(F)(F)F)cc2)nc(-c2c(C(F)(F)F)nc3ccc(F)cn23)c1. The molecule has 4 rings (SSSR count). The number of fused-ring (bicyclic) bond motifs is 1. The first kappa shape index (κ1) is 21.3. The molecule has 0 radical (unpaired) electrons. The topological polar surface area (TPSA) is 69.2 Å². The number of nitrogens with zero attached hydrogens (tertiary/aromatic N) is 4. The molecule has 3 heterocycles. The van der Waals surface area contributed by atoms with Crippen LogP contribution in [0.15, 0.2) is 55.0 Å². The molecular weight excluding hydrogens is 447 g/mol. The van der Waals surface area contributed by atoms with E-state index in [0.29, 0.717) is 0 Å². The average Bonchev–Trinajstić information content (AvgIpc) is 3.06. The summed E-state index contributed by atoms with van der Waals surface area (Å²) in [4.78, 5) is 7.43. The van der Waals surface area contributed by atoms with Crippen molar-refractivity contribution in [3.05, 3.63) is 77.3 Å². The average molecular weight is 457 g/mol. The van der Waals surface area contributed by atoms with Gasteiger partial charge in [-0.1, -0.05) is 0 Å². The van der Waals surface area contributed by atoms with Gasteiger partial charge >= 0.3 is 12.4 Å². The fourth-order valence-electron chi connectivity index (χ4n) is 2.99. The van der Waals surface area contributed by atoms with Crippen LogP contribution in [-0.4, -0.2) is 14.4 Å². The third-order valence-electron chi connectivity index (χ3n) is 4.32. The van der Waals surface area contributed by atoms with Gasteiger partial charge in [0.1, 0.15) is 17.2 Å². The predicted molar refractivity (Wildman–Crippen MR) is 97.1 cm³/mol. The summed E-state index contributed by atoms with van der Waals surface area (Å²) in [6.45, 7) is 0. The van der Waals surface area contributed by atoms with E-state index in [9.17, 15) is 35.9 Å². The van der Waals surface area contributed by atoms with Crippen molar-refractivity contribution in [1.29, 1.82) is 0 Å². The van der Waals surface area contributed by atoms with Crippen LogP contribution in [-0.2, 0) is 12.4 Å².